The summed E-state index contributed by atoms with van der Waals surface area (Å²) >= 11 is 0. The molecule has 0 bridgehead atoms. The Morgan fingerprint density at radius 3 is 1.92 bits per heavy atom. The summed E-state index contributed by atoms with van der Waals surface area (Å²) < 4.78 is 0. The number of carbonyl (C=O) groups excluding carboxylic acids is 4. The summed E-state index contributed by atoms with van der Waals surface area (Å²) in [5.41, 5.74) is 2.74. The van der Waals surface area contributed by atoms with Gasteiger partial charge in [0.1, 0.15) is 5.78 Å². The molecule has 9 nitrogen and oxygen atoms in total. The Labute approximate surface area is 224 Å². The lowest BCUT2D eigenvalue weighted by molar-refractivity contribution is -0.125. The van der Waals surface area contributed by atoms with Crippen LogP contribution in [-0.4, -0.2) is 61.0 Å². The van der Waals surface area contributed by atoms with E-state index >= 15 is 0 Å². The zero-order valence-corrected chi connectivity index (χ0v) is 22.0. The van der Waals surface area contributed by atoms with Gasteiger partial charge in [-0.3, -0.25) is 24.2 Å². The average Bonchev–Trinajstić information content (AvgIpc) is 2.94. The van der Waals surface area contributed by atoms with Crippen molar-refractivity contribution in [3.05, 3.63) is 70.8 Å². The monoisotopic (exact) mass is 522 g/mol. The van der Waals surface area contributed by atoms with Gasteiger partial charge in [-0.25, -0.2) is 0 Å². The number of hydrogen-bond donors (Lipinski definition) is 4. The zero-order chi connectivity index (χ0) is 27.6. The van der Waals surface area contributed by atoms with Crippen LogP contribution in [0.4, 0.5) is 0 Å². The van der Waals surface area contributed by atoms with Gasteiger partial charge in [0, 0.05) is 62.8 Å². The van der Waals surface area contributed by atoms with E-state index in [9.17, 15) is 19.2 Å². The molecule has 0 fully saturated rings. The topological polar surface area (TPSA) is 137 Å². The molecule has 3 amide bonds. The fourth-order valence-electron chi connectivity index (χ4n) is 3.52. The van der Waals surface area contributed by atoms with Crippen LogP contribution in [0.5, 0.6) is 0 Å². The first-order valence-electron chi connectivity index (χ1n) is 13.1. The predicted molar refractivity (Wildman–Crippen MR) is 147 cm³/mol. The van der Waals surface area contributed by atoms with Crippen LogP contribution in [0.1, 0.15) is 77.3 Å². The lowest BCUT2D eigenvalue weighted by Gasteiger charge is -2.07. The van der Waals surface area contributed by atoms with E-state index < -0.39 is 0 Å². The molecule has 0 atom stereocenters. The lowest BCUT2D eigenvalue weighted by atomic mass is 10.1. The van der Waals surface area contributed by atoms with E-state index in [4.69, 9.17) is 5.11 Å². The number of aliphatic imine (C=N–C) groups is 1. The number of carbonyl (C=O) groups is 4. The Morgan fingerprint density at radius 2 is 1.32 bits per heavy atom. The summed E-state index contributed by atoms with van der Waals surface area (Å²) in [6.45, 7) is 3.87. The molecule has 2 aromatic rings. The molecule has 0 heterocycles. The number of benzene rings is 2. The van der Waals surface area contributed by atoms with Crippen molar-refractivity contribution in [1.29, 1.82) is 0 Å². The van der Waals surface area contributed by atoms with Crippen molar-refractivity contribution < 1.29 is 24.3 Å². The largest absolute Gasteiger partial charge is 0.392 e. The molecule has 2 rings (SSSR count). The highest BCUT2D eigenvalue weighted by atomic mass is 16.3. The van der Waals surface area contributed by atoms with E-state index in [1.54, 1.807) is 42.6 Å². The summed E-state index contributed by atoms with van der Waals surface area (Å²) in [6, 6.07) is 13.9. The van der Waals surface area contributed by atoms with Gasteiger partial charge in [0.25, 0.3) is 11.8 Å². The molecule has 0 aliphatic heterocycles. The maximum Gasteiger partial charge on any atom is 0.251 e. The summed E-state index contributed by atoms with van der Waals surface area (Å²) in [5.74, 6) is -0.647. The first-order chi connectivity index (χ1) is 18.4. The maximum atomic E-state index is 12.2. The number of hydrogen-bond acceptors (Lipinski definition) is 6. The van der Waals surface area contributed by atoms with Crippen LogP contribution in [-0.2, 0) is 16.2 Å². The molecule has 0 saturated carbocycles. The van der Waals surface area contributed by atoms with Gasteiger partial charge < -0.3 is 21.1 Å². The second kappa shape index (κ2) is 17.6. The SMILES string of the molecule is CCN=Cc1ccc(C(=O)NCCC(=O)CCC(=O)NCCCCCNC(=O)c2ccc(CO)cc2)cc1. The number of nitrogens with one attached hydrogen (secondary N) is 3. The van der Waals surface area contributed by atoms with E-state index in [-0.39, 0.29) is 55.9 Å². The molecule has 0 unspecified atom stereocenters. The molecule has 0 saturated heterocycles. The van der Waals surface area contributed by atoms with Crippen LogP contribution in [0.3, 0.4) is 0 Å². The molecule has 204 valence electrons. The maximum absolute atomic E-state index is 12.2. The molecule has 0 aliphatic carbocycles. The standard InChI is InChI=1S/C29H38N4O5/c1-2-30-20-22-6-10-24(11-7-22)29(38)33-19-16-26(35)14-15-27(36)31-17-4-3-5-18-32-28(37)25-12-8-23(21-34)9-13-25/h6-13,20,34H,2-5,14-19,21H2,1H3,(H,31,36)(H,32,37)(H,33,38). The van der Waals surface area contributed by atoms with E-state index in [2.05, 4.69) is 20.9 Å². The number of aliphatic hydroxyl groups is 1. The minimum absolute atomic E-state index is 0.0549. The molecular formula is C29H38N4O5. The van der Waals surface area contributed by atoms with Crippen LogP contribution in [0.25, 0.3) is 0 Å². The predicted octanol–water partition coefficient (Wildman–Crippen LogP) is 2.80. The number of rotatable bonds is 17. The van der Waals surface area contributed by atoms with Gasteiger partial charge in [0.05, 0.1) is 6.61 Å². The number of unbranched alkanes of at least 4 members (excludes halogenated alkanes) is 2. The lowest BCUT2D eigenvalue weighted by Crippen LogP contribution is -2.27. The molecule has 38 heavy (non-hydrogen) atoms. The van der Waals surface area contributed by atoms with Crippen molar-refractivity contribution in [1.82, 2.24) is 16.0 Å². The summed E-state index contributed by atoms with van der Waals surface area (Å²) in [7, 11) is 0. The average molecular weight is 523 g/mol. The Balaban J connectivity index is 1.48. The molecule has 0 radical (unpaired) electrons. The van der Waals surface area contributed by atoms with Crippen molar-refractivity contribution in [3.8, 4) is 0 Å². The number of aliphatic hydroxyl groups excluding tert-OH is 1. The second-order valence-electron chi connectivity index (χ2n) is 8.82. The molecule has 0 spiro atoms. The quantitative estimate of drug-likeness (QED) is 0.187. The highest BCUT2D eigenvalue weighted by Crippen LogP contribution is 2.05. The van der Waals surface area contributed by atoms with E-state index in [0.29, 0.717) is 30.8 Å². The highest BCUT2D eigenvalue weighted by Gasteiger charge is 2.09. The normalized spacial score (nSPS) is 10.8. The summed E-state index contributed by atoms with van der Waals surface area (Å²) in [5, 5.41) is 17.4. The van der Waals surface area contributed by atoms with Crippen molar-refractivity contribution in [3.63, 3.8) is 0 Å². The molecular weight excluding hydrogens is 484 g/mol. The van der Waals surface area contributed by atoms with Crippen LogP contribution in [0, 0.1) is 0 Å². The van der Waals surface area contributed by atoms with Crippen LogP contribution >= 0.6 is 0 Å². The Bertz CT molecular complexity index is 1070. The third-order valence-corrected chi connectivity index (χ3v) is 5.78. The first kappa shape index (κ1) is 30.4. The van der Waals surface area contributed by atoms with Gasteiger partial charge in [-0.1, -0.05) is 24.3 Å². The van der Waals surface area contributed by atoms with Gasteiger partial charge in [0.2, 0.25) is 5.91 Å². The third kappa shape index (κ3) is 11.9. The van der Waals surface area contributed by atoms with Gasteiger partial charge >= 0.3 is 0 Å². The van der Waals surface area contributed by atoms with E-state index in [1.165, 1.54) is 0 Å². The van der Waals surface area contributed by atoms with Crippen LogP contribution in [0.2, 0.25) is 0 Å². The minimum atomic E-state index is -0.245. The Kier molecular flexibility index (Phi) is 14.1. The minimum Gasteiger partial charge on any atom is -0.392 e. The van der Waals surface area contributed by atoms with Gasteiger partial charge in [-0.05, 0) is 61.6 Å². The van der Waals surface area contributed by atoms with Gasteiger partial charge in [-0.15, -0.1) is 0 Å². The fraction of sp³-hybridized carbons (Fsp3) is 0.414. The second-order valence-corrected chi connectivity index (χ2v) is 8.82. The van der Waals surface area contributed by atoms with Crippen LogP contribution in [0.15, 0.2) is 53.5 Å². The molecule has 0 aromatic heterocycles. The molecule has 2 aromatic carbocycles. The smallest absolute Gasteiger partial charge is 0.251 e. The van der Waals surface area contributed by atoms with Gasteiger partial charge in [-0.2, -0.15) is 0 Å². The van der Waals surface area contributed by atoms with Crippen molar-refractivity contribution in [2.24, 2.45) is 4.99 Å². The van der Waals surface area contributed by atoms with Crippen molar-refractivity contribution >= 4 is 29.7 Å². The third-order valence-electron chi connectivity index (χ3n) is 5.78. The Morgan fingerprint density at radius 1 is 0.737 bits per heavy atom. The molecule has 9 heteroatoms. The van der Waals surface area contributed by atoms with E-state index in [1.807, 2.05) is 19.1 Å². The first-order valence-corrected chi connectivity index (χ1v) is 13.1. The van der Waals surface area contributed by atoms with Crippen molar-refractivity contribution in [2.45, 2.75) is 52.1 Å². The number of ketones is 1. The molecule has 0 aliphatic rings. The molecule has 4 N–H and O–H groups in total. The summed E-state index contributed by atoms with van der Waals surface area (Å²) in [4.78, 5) is 52.5. The zero-order valence-electron chi connectivity index (χ0n) is 22.0. The number of Topliss-reactive ketones (excluding diaryl/α,β-unsaturated/α-hetero) is 1. The van der Waals surface area contributed by atoms with E-state index in [0.717, 1.165) is 30.4 Å². The Hall–Kier alpha value is -3.85. The number of nitrogens with zero attached hydrogens (tertiary/aromatic N) is 1. The summed E-state index contributed by atoms with van der Waals surface area (Å²) in [6.07, 6.45) is 4.60. The van der Waals surface area contributed by atoms with Gasteiger partial charge in [0.15, 0.2) is 0 Å². The number of amides is 3. The van der Waals surface area contributed by atoms with Crippen molar-refractivity contribution in [2.75, 3.05) is 26.2 Å². The highest BCUT2D eigenvalue weighted by molar-refractivity contribution is 5.95. The fourth-order valence-corrected chi connectivity index (χ4v) is 3.52. The van der Waals surface area contributed by atoms with Crippen LogP contribution < -0.4 is 16.0 Å².